The van der Waals surface area contributed by atoms with Gasteiger partial charge in [-0.15, -0.1) is 0 Å². The molecule has 1 aromatic heterocycles. The number of benzene rings is 2. The second-order valence-corrected chi connectivity index (χ2v) is 6.95. The summed E-state index contributed by atoms with van der Waals surface area (Å²) in [6.45, 7) is 3.72. The summed E-state index contributed by atoms with van der Waals surface area (Å²) in [7, 11) is 0. The SMILES string of the molecule is Cc1cccc(C)c1NC(=O)Cn1nc(-c2ccc(Br)cc2)ccc1=O. The van der Waals surface area contributed by atoms with E-state index in [4.69, 9.17) is 0 Å². The smallest absolute Gasteiger partial charge is 0.267 e. The molecule has 6 heteroatoms. The van der Waals surface area contributed by atoms with Crippen molar-refractivity contribution in [2.45, 2.75) is 20.4 Å². The molecule has 3 aromatic rings. The number of amides is 1. The van der Waals surface area contributed by atoms with Crippen LogP contribution in [0.25, 0.3) is 11.3 Å². The Kier molecular flexibility index (Phi) is 5.32. The number of carbonyl (C=O) groups excluding carboxylic acids is 1. The number of rotatable bonds is 4. The van der Waals surface area contributed by atoms with E-state index >= 15 is 0 Å². The van der Waals surface area contributed by atoms with E-state index in [1.165, 1.54) is 10.7 Å². The molecule has 0 atom stereocenters. The summed E-state index contributed by atoms with van der Waals surface area (Å²) in [6, 6.07) is 16.5. The molecule has 26 heavy (non-hydrogen) atoms. The quantitative estimate of drug-likeness (QED) is 0.707. The Morgan fingerprint density at radius 3 is 2.35 bits per heavy atom. The summed E-state index contributed by atoms with van der Waals surface area (Å²) in [4.78, 5) is 24.5. The van der Waals surface area contributed by atoms with Gasteiger partial charge in [0.1, 0.15) is 6.54 Å². The molecule has 1 heterocycles. The normalized spacial score (nSPS) is 10.6. The monoisotopic (exact) mass is 411 g/mol. The summed E-state index contributed by atoms with van der Waals surface area (Å²) >= 11 is 3.39. The number of para-hydroxylation sites is 1. The molecule has 132 valence electrons. The third-order valence-electron chi connectivity index (χ3n) is 4.05. The number of nitrogens with zero attached hydrogens (tertiary/aromatic N) is 2. The van der Waals surface area contributed by atoms with Gasteiger partial charge in [-0.3, -0.25) is 9.59 Å². The Morgan fingerprint density at radius 2 is 1.69 bits per heavy atom. The van der Waals surface area contributed by atoms with Crippen molar-refractivity contribution in [3.8, 4) is 11.3 Å². The van der Waals surface area contributed by atoms with Gasteiger partial charge >= 0.3 is 0 Å². The predicted octanol–water partition coefficient (Wildman–Crippen LogP) is 3.93. The fourth-order valence-electron chi connectivity index (χ4n) is 2.66. The number of hydrogen-bond acceptors (Lipinski definition) is 3. The first-order valence-corrected chi connectivity index (χ1v) is 8.93. The van der Waals surface area contributed by atoms with Crippen LogP contribution < -0.4 is 10.9 Å². The van der Waals surface area contributed by atoms with Crippen LogP contribution in [0.2, 0.25) is 0 Å². The highest BCUT2D eigenvalue weighted by Gasteiger charge is 2.11. The van der Waals surface area contributed by atoms with Crippen LogP contribution in [0.1, 0.15) is 11.1 Å². The van der Waals surface area contributed by atoms with Crippen LogP contribution >= 0.6 is 15.9 Å². The molecule has 1 N–H and O–H groups in total. The average molecular weight is 412 g/mol. The van der Waals surface area contributed by atoms with Gasteiger partial charge in [-0.25, -0.2) is 4.68 Å². The molecule has 5 nitrogen and oxygen atoms in total. The largest absolute Gasteiger partial charge is 0.324 e. The summed E-state index contributed by atoms with van der Waals surface area (Å²) in [5, 5.41) is 7.20. The van der Waals surface area contributed by atoms with E-state index in [0.717, 1.165) is 26.9 Å². The highest BCUT2D eigenvalue weighted by Crippen LogP contribution is 2.20. The van der Waals surface area contributed by atoms with Crippen molar-refractivity contribution in [3.05, 3.63) is 80.6 Å². The number of carbonyl (C=O) groups is 1. The number of halogens is 1. The summed E-state index contributed by atoms with van der Waals surface area (Å²) in [6.07, 6.45) is 0. The molecule has 0 saturated carbocycles. The van der Waals surface area contributed by atoms with Gasteiger partial charge < -0.3 is 5.32 Å². The highest BCUT2D eigenvalue weighted by atomic mass is 79.9. The molecule has 2 aromatic carbocycles. The maximum absolute atomic E-state index is 12.4. The molecule has 0 bridgehead atoms. The maximum Gasteiger partial charge on any atom is 0.267 e. The van der Waals surface area contributed by atoms with Gasteiger partial charge in [0.15, 0.2) is 0 Å². The van der Waals surface area contributed by atoms with Crippen molar-refractivity contribution in [1.29, 1.82) is 0 Å². The van der Waals surface area contributed by atoms with Gasteiger partial charge in [-0.1, -0.05) is 46.3 Å². The van der Waals surface area contributed by atoms with E-state index in [-0.39, 0.29) is 18.0 Å². The van der Waals surface area contributed by atoms with E-state index in [1.54, 1.807) is 6.07 Å². The molecular formula is C20H18BrN3O2. The third kappa shape index (κ3) is 4.08. The molecule has 3 rings (SSSR count). The van der Waals surface area contributed by atoms with Crippen LogP contribution in [0.3, 0.4) is 0 Å². The number of hydrogen-bond donors (Lipinski definition) is 1. The molecule has 0 saturated heterocycles. The Bertz CT molecular complexity index is 990. The second kappa shape index (κ2) is 7.66. The second-order valence-electron chi connectivity index (χ2n) is 6.04. The Hall–Kier alpha value is -2.73. The molecule has 0 spiro atoms. The van der Waals surface area contributed by atoms with E-state index in [2.05, 4.69) is 26.3 Å². The molecule has 0 aliphatic rings. The lowest BCUT2D eigenvalue weighted by atomic mass is 10.1. The fraction of sp³-hybridized carbons (Fsp3) is 0.150. The van der Waals surface area contributed by atoms with Crippen LogP contribution in [0.5, 0.6) is 0 Å². The first kappa shape index (κ1) is 18.1. The molecule has 0 aliphatic carbocycles. The topological polar surface area (TPSA) is 64.0 Å². The van der Waals surface area contributed by atoms with Crippen molar-refractivity contribution < 1.29 is 4.79 Å². The zero-order valence-electron chi connectivity index (χ0n) is 14.5. The molecule has 0 radical (unpaired) electrons. The van der Waals surface area contributed by atoms with Crippen LogP contribution in [-0.4, -0.2) is 15.7 Å². The standard InChI is InChI=1S/C20H18BrN3O2/c1-13-4-3-5-14(2)20(13)22-18(25)12-24-19(26)11-10-17(23-24)15-6-8-16(21)9-7-15/h3-11H,12H2,1-2H3,(H,22,25). The van der Waals surface area contributed by atoms with Gasteiger partial charge in [0, 0.05) is 21.8 Å². The Morgan fingerprint density at radius 1 is 1.04 bits per heavy atom. The van der Waals surface area contributed by atoms with Crippen molar-refractivity contribution >= 4 is 27.5 Å². The van der Waals surface area contributed by atoms with Crippen molar-refractivity contribution in [2.75, 3.05) is 5.32 Å². The zero-order valence-corrected chi connectivity index (χ0v) is 16.1. The van der Waals surface area contributed by atoms with Crippen LogP contribution in [0.15, 0.2) is 63.9 Å². The van der Waals surface area contributed by atoms with Crippen LogP contribution in [-0.2, 0) is 11.3 Å². The molecular weight excluding hydrogens is 394 g/mol. The van der Waals surface area contributed by atoms with Crippen LogP contribution in [0, 0.1) is 13.8 Å². The summed E-state index contributed by atoms with van der Waals surface area (Å²) in [5.74, 6) is -0.287. The number of nitrogens with one attached hydrogen (secondary N) is 1. The fourth-order valence-corrected chi connectivity index (χ4v) is 2.93. The van der Waals surface area contributed by atoms with Gasteiger partial charge in [0.05, 0.1) is 5.69 Å². The minimum absolute atomic E-state index is 0.142. The first-order valence-electron chi connectivity index (χ1n) is 8.14. The van der Waals surface area contributed by atoms with Crippen molar-refractivity contribution in [2.24, 2.45) is 0 Å². The van der Waals surface area contributed by atoms with Gasteiger partial charge in [0.25, 0.3) is 5.56 Å². The number of anilines is 1. The minimum atomic E-state index is -0.317. The van der Waals surface area contributed by atoms with E-state index in [0.29, 0.717) is 5.69 Å². The Balaban J connectivity index is 1.83. The van der Waals surface area contributed by atoms with Crippen molar-refractivity contribution in [1.82, 2.24) is 9.78 Å². The highest BCUT2D eigenvalue weighted by molar-refractivity contribution is 9.10. The van der Waals surface area contributed by atoms with Crippen LogP contribution in [0.4, 0.5) is 5.69 Å². The lowest BCUT2D eigenvalue weighted by Crippen LogP contribution is -2.29. The maximum atomic E-state index is 12.4. The van der Waals surface area contributed by atoms with Gasteiger partial charge in [-0.2, -0.15) is 5.10 Å². The molecule has 1 amide bonds. The lowest BCUT2D eigenvalue weighted by molar-refractivity contribution is -0.117. The van der Waals surface area contributed by atoms with Gasteiger partial charge in [0.2, 0.25) is 5.91 Å². The molecule has 0 fully saturated rings. The van der Waals surface area contributed by atoms with Crippen molar-refractivity contribution in [3.63, 3.8) is 0 Å². The Labute approximate surface area is 159 Å². The average Bonchev–Trinajstić information content (AvgIpc) is 2.61. The molecule has 0 unspecified atom stereocenters. The first-order chi connectivity index (χ1) is 12.4. The number of aromatic nitrogens is 2. The van der Waals surface area contributed by atoms with E-state index in [9.17, 15) is 9.59 Å². The summed E-state index contributed by atoms with van der Waals surface area (Å²) in [5.41, 5.74) is 3.91. The third-order valence-corrected chi connectivity index (χ3v) is 4.57. The van der Waals surface area contributed by atoms with E-state index in [1.807, 2.05) is 56.3 Å². The summed E-state index contributed by atoms with van der Waals surface area (Å²) < 4.78 is 2.14. The number of aryl methyl sites for hydroxylation is 2. The zero-order chi connectivity index (χ0) is 18.7. The van der Waals surface area contributed by atoms with E-state index < -0.39 is 0 Å². The lowest BCUT2D eigenvalue weighted by Gasteiger charge is -2.12. The van der Waals surface area contributed by atoms with Gasteiger partial charge in [-0.05, 0) is 43.2 Å². The molecule has 0 aliphatic heterocycles. The minimum Gasteiger partial charge on any atom is -0.324 e. The predicted molar refractivity (Wildman–Crippen MR) is 106 cm³/mol.